The van der Waals surface area contributed by atoms with Gasteiger partial charge >= 0.3 is 0 Å². The SMILES string of the molecule is CN=C(NCCOc1cccc(OC)c1)NC1CCN(C(=O)C2CCCC2)C1. The lowest BCUT2D eigenvalue weighted by Gasteiger charge is -2.21. The minimum atomic E-state index is 0.246. The van der Waals surface area contributed by atoms with Crippen LogP contribution in [0.1, 0.15) is 32.1 Å². The average molecular weight is 389 g/mol. The van der Waals surface area contributed by atoms with Crippen LogP contribution in [0.4, 0.5) is 0 Å². The van der Waals surface area contributed by atoms with E-state index in [0.717, 1.165) is 49.8 Å². The number of nitrogens with one attached hydrogen (secondary N) is 2. The minimum Gasteiger partial charge on any atom is -0.497 e. The number of hydrogen-bond acceptors (Lipinski definition) is 4. The van der Waals surface area contributed by atoms with Crippen LogP contribution in [0.5, 0.6) is 11.5 Å². The summed E-state index contributed by atoms with van der Waals surface area (Å²) in [5.74, 6) is 2.90. The number of ether oxygens (including phenoxy) is 2. The van der Waals surface area contributed by atoms with Gasteiger partial charge < -0.3 is 25.0 Å². The Morgan fingerprint density at radius 2 is 2.04 bits per heavy atom. The first-order valence-corrected chi connectivity index (χ1v) is 10.2. The molecule has 1 saturated heterocycles. The number of rotatable bonds is 7. The van der Waals surface area contributed by atoms with Crippen molar-refractivity contribution in [1.29, 1.82) is 0 Å². The third kappa shape index (κ3) is 5.53. The smallest absolute Gasteiger partial charge is 0.225 e. The zero-order chi connectivity index (χ0) is 19.8. The summed E-state index contributed by atoms with van der Waals surface area (Å²) in [5, 5.41) is 6.70. The van der Waals surface area contributed by atoms with Crippen LogP contribution in [0.25, 0.3) is 0 Å². The van der Waals surface area contributed by atoms with Crippen LogP contribution in [0.2, 0.25) is 0 Å². The maximum absolute atomic E-state index is 12.6. The Labute approximate surface area is 167 Å². The summed E-state index contributed by atoms with van der Waals surface area (Å²) < 4.78 is 10.9. The Morgan fingerprint density at radius 1 is 1.25 bits per heavy atom. The highest BCUT2D eigenvalue weighted by molar-refractivity contribution is 5.81. The van der Waals surface area contributed by atoms with Crippen LogP contribution in [-0.2, 0) is 4.79 Å². The molecule has 1 unspecified atom stereocenters. The molecule has 1 aliphatic carbocycles. The fourth-order valence-corrected chi connectivity index (χ4v) is 3.93. The number of hydrogen-bond donors (Lipinski definition) is 2. The fraction of sp³-hybridized carbons (Fsp3) is 0.619. The van der Waals surface area contributed by atoms with Gasteiger partial charge in [0.05, 0.1) is 13.7 Å². The zero-order valence-corrected chi connectivity index (χ0v) is 16.9. The zero-order valence-electron chi connectivity index (χ0n) is 16.9. The van der Waals surface area contributed by atoms with E-state index in [1.54, 1.807) is 14.2 Å². The summed E-state index contributed by atoms with van der Waals surface area (Å²) in [6.07, 6.45) is 5.47. The molecule has 7 heteroatoms. The van der Waals surface area contributed by atoms with E-state index >= 15 is 0 Å². The Bertz CT molecular complexity index is 673. The van der Waals surface area contributed by atoms with Gasteiger partial charge in [0.25, 0.3) is 0 Å². The summed E-state index contributed by atoms with van der Waals surface area (Å²) in [5.41, 5.74) is 0. The van der Waals surface area contributed by atoms with Crippen molar-refractivity contribution in [1.82, 2.24) is 15.5 Å². The van der Waals surface area contributed by atoms with Crippen LogP contribution in [0.15, 0.2) is 29.3 Å². The molecule has 0 bridgehead atoms. The van der Waals surface area contributed by atoms with Crippen LogP contribution in [0.3, 0.4) is 0 Å². The topological polar surface area (TPSA) is 75.2 Å². The lowest BCUT2D eigenvalue weighted by molar-refractivity contribution is -0.134. The monoisotopic (exact) mass is 388 g/mol. The molecule has 2 aliphatic rings. The quantitative estimate of drug-likeness (QED) is 0.425. The number of carbonyl (C=O) groups is 1. The van der Waals surface area contributed by atoms with Crippen LogP contribution >= 0.6 is 0 Å². The number of benzene rings is 1. The third-order valence-corrected chi connectivity index (χ3v) is 5.47. The van der Waals surface area contributed by atoms with E-state index in [9.17, 15) is 4.79 Å². The number of aliphatic imine (C=N–C) groups is 1. The molecule has 7 nitrogen and oxygen atoms in total. The van der Waals surface area contributed by atoms with Crippen molar-refractivity contribution < 1.29 is 14.3 Å². The van der Waals surface area contributed by atoms with Gasteiger partial charge in [-0.15, -0.1) is 0 Å². The first-order chi connectivity index (χ1) is 13.7. The second kappa shape index (κ2) is 10.2. The number of likely N-dealkylation sites (tertiary alicyclic amines) is 1. The van der Waals surface area contributed by atoms with E-state index in [1.165, 1.54) is 12.8 Å². The predicted octanol–water partition coefficient (Wildman–Crippen LogP) is 2.03. The maximum atomic E-state index is 12.6. The Kier molecular flexibility index (Phi) is 7.39. The number of amides is 1. The van der Waals surface area contributed by atoms with Crippen LogP contribution < -0.4 is 20.1 Å². The Morgan fingerprint density at radius 3 is 2.79 bits per heavy atom. The van der Waals surface area contributed by atoms with Crippen molar-refractivity contribution in [3.63, 3.8) is 0 Å². The molecule has 1 atom stereocenters. The Balaban J connectivity index is 1.37. The highest BCUT2D eigenvalue weighted by atomic mass is 16.5. The van der Waals surface area contributed by atoms with E-state index in [1.807, 2.05) is 29.2 Å². The van der Waals surface area contributed by atoms with Crippen molar-refractivity contribution in [2.75, 3.05) is 40.4 Å². The average Bonchev–Trinajstić information content (AvgIpc) is 3.42. The molecule has 28 heavy (non-hydrogen) atoms. The minimum absolute atomic E-state index is 0.246. The summed E-state index contributed by atoms with van der Waals surface area (Å²) in [4.78, 5) is 18.9. The maximum Gasteiger partial charge on any atom is 0.225 e. The second-order valence-electron chi connectivity index (χ2n) is 7.42. The molecule has 3 rings (SSSR count). The first kappa shape index (κ1) is 20.3. The molecular weight excluding hydrogens is 356 g/mol. The highest BCUT2D eigenvalue weighted by Gasteiger charge is 2.32. The molecule has 1 aromatic carbocycles. The predicted molar refractivity (Wildman–Crippen MR) is 110 cm³/mol. The third-order valence-electron chi connectivity index (χ3n) is 5.47. The summed E-state index contributed by atoms with van der Waals surface area (Å²) in [6.45, 7) is 2.75. The summed E-state index contributed by atoms with van der Waals surface area (Å²) in [6, 6.07) is 7.81. The van der Waals surface area contributed by atoms with E-state index < -0.39 is 0 Å². The van der Waals surface area contributed by atoms with Gasteiger partial charge in [0, 0.05) is 38.2 Å². The van der Waals surface area contributed by atoms with Gasteiger partial charge in [-0.25, -0.2) is 0 Å². The van der Waals surface area contributed by atoms with Crippen LogP contribution in [-0.4, -0.2) is 63.2 Å². The van der Waals surface area contributed by atoms with Gasteiger partial charge in [-0.1, -0.05) is 18.9 Å². The molecule has 1 aliphatic heterocycles. The van der Waals surface area contributed by atoms with Gasteiger partial charge in [-0.2, -0.15) is 0 Å². The lowest BCUT2D eigenvalue weighted by atomic mass is 10.1. The fourth-order valence-electron chi connectivity index (χ4n) is 3.93. The Hall–Kier alpha value is -2.44. The molecule has 0 aromatic heterocycles. The van der Waals surface area contributed by atoms with Gasteiger partial charge in [0.2, 0.25) is 5.91 Å². The van der Waals surface area contributed by atoms with Crippen molar-refractivity contribution in [3.05, 3.63) is 24.3 Å². The molecular formula is C21H32N4O3. The number of carbonyl (C=O) groups excluding carboxylic acids is 1. The number of nitrogens with zero attached hydrogens (tertiary/aromatic N) is 2. The summed E-state index contributed by atoms with van der Waals surface area (Å²) in [7, 11) is 3.40. The molecule has 1 amide bonds. The van der Waals surface area contributed by atoms with Gasteiger partial charge in [-0.05, 0) is 31.4 Å². The first-order valence-electron chi connectivity index (χ1n) is 10.2. The van der Waals surface area contributed by atoms with Crippen molar-refractivity contribution in [2.45, 2.75) is 38.1 Å². The largest absolute Gasteiger partial charge is 0.497 e. The molecule has 0 radical (unpaired) electrons. The molecule has 1 saturated carbocycles. The molecule has 1 aromatic rings. The van der Waals surface area contributed by atoms with Crippen LogP contribution in [0, 0.1) is 5.92 Å². The normalized spacial score (nSPS) is 20.3. The molecule has 0 spiro atoms. The second-order valence-corrected chi connectivity index (χ2v) is 7.42. The number of guanidine groups is 1. The highest BCUT2D eigenvalue weighted by Crippen LogP contribution is 2.27. The van der Waals surface area contributed by atoms with E-state index in [-0.39, 0.29) is 12.0 Å². The standard InChI is InChI=1S/C21H32N4O3/c1-22-21(23-11-13-28-19-9-5-8-18(14-19)27-2)24-17-10-12-25(15-17)20(26)16-6-3-4-7-16/h5,8-9,14,16-17H,3-4,6-7,10-13,15H2,1-2H3,(H2,22,23,24). The van der Waals surface area contributed by atoms with E-state index in [4.69, 9.17) is 9.47 Å². The molecule has 2 fully saturated rings. The van der Waals surface area contributed by atoms with Gasteiger partial charge in [0.15, 0.2) is 5.96 Å². The van der Waals surface area contributed by atoms with Crippen molar-refractivity contribution >= 4 is 11.9 Å². The van der Waals surface area contributed by atoms with Crippen molar-refractivity contribution in [2.24, 2.45) is 10.9 Å². The van der Waals surface area contributed by atoms with E-state index in [2.05, 4.69) is 15.6 Å². The lowest BCUT2D eigenvalue weighted by Crippen LogP contribution is -2.46. The summed E-state index contributed by atoms with van der Waals surface area (Å²) >= 11 is 0. The number of methoxy groups -OCH3 is 1. The van der Waals surface area contributed by atoms with Gasteiger partial charge in [-0.3, -0.25) is 9.79 Å². The van der Waals surface area contributed by atoms with Gasteiger partial charge in [0.1, 0.15) is 18.1 Å². The van der Waals surface area contributed by atoms with Crippen molar-refractivity contribution in [3.8, 4) is 11.5 Å². The molecule has 2 N–H and O–H groups in total. The van der Waals surface area contributed by atoms with E-state index in [0.29, 0.717) is 19.1 Å². The molecule has 1 heterocycles. The molecule has 154 valence electrons.